The molecule has 3 N–H and O–H groups in total. The fraction of sp³-hybridized carbons (Fsp3) is 0.273. The Balaban J connectivity index is 1.32. The molecule has 0 saturated carbocycles. The molecular weight excluding hydrogens is 418 g/mol. The predicted molar refractivity (Wildman–Crippen MR) is 111 cm³/mol. The summed E-state index contributed by atoms with van der Waals surface area (Å²) >= 11 is 0. The number of nitrogens with one attached hydrogen (secondary N) is 1. The van der Waals surface area contributed by atoms with Crippen LogP contribution in [0.2, 0.25) is 0 Å². The lowest BCUT2D eigenvalue weighted by Gasteiger charge is -2.14. The van der Waals surface area contributed by atoms with Crippen LogP contribution >= 0.6 is 0 Å². The molecular formula is C22H23N3O7. The molecule has 1 aliphatic heterocycles. The second kappa shape index (κ2) is 10.3. The van der Waals surface area contributed by atoms with Gasteiger partial charge in [0, 0.05) is 42.8 Å². The topological polar surface area (TPSA) is 138 Å². The first-order valence-corrected chi connectivity index (χ1v) is 10.1. The van der Waals surface area contributed by atoms with Gasteiger partial charge in [0.2, 0.25) is 11.8 Å². The minimum absolute atomic E-state index is 0.101. The van der Waals surface area contributed by atoms with Crippen LogP contribution in [0.25, 0.3) is 0 Å². The first-order chi connectivity index (χ1) is 15.3. The van der Waals surface area contributed by atoms with E-state index in [4.69, 9.17) is 4.84 Å². The van der Waals surface area contributed by atoms with E-state index in [0.29, 0.717) is 36.1 Å². The highest BCUT2D eigenvalue weighted by Crippen LogP contribution is 2.19. The highest BCUT2D eigenvalue weighted by atomic mass is 16.7. The Morgan fingerprint density at radius 2 is 1.50 bits per heavy atom. The molecule has 2 aromatic rings. The Labute approximate surface area is 183 Å². The van der Waals surface area contributed by atoms with Crippen molar-refractivity contribution in [3.63, 3.8) is 0 Å². The molecule has 3 amide bonds. The Bertz CT molecular complexity index is 1000. The molecule has 1 aromatic carbocycles. The maximum Gasteiger partial charge on any atom is 0.333 e. The molecule has 168 valence electrons. The number of benzene rings is 1. The van der Waals surface area contributed by atoms with Gasteiger partial charge < -0.3 is 20.4 Å². The van der Waals surface area contributed by atoms with Gasteiger partial charge in [-0.05, 0) is 30.5 Å². The van der Waals surface area contributed by atoms with Crippen LogP contribution in [0, 0.1) is 0 Å². The van der Waals surface area contributed by atoms with Crippen LogP contribution in [0.4, 0.5) is 0 Å². The van der Waals surface area contributed by atoms with Crippen LogP contribution in [-0.2, 0) is 20.9 Å². The Morgan fingerprint density at radius 3 is 2.12 bits per heavy atom. The van der Waals surface area contributed by atoms with Crippen molar-refractivity contribution in [2.24, 2.45) is 0 Å². The zero-order valence-electron chi connectivity index (χ0n) is 17.2. The molecule has 0 aliphatic carbocycles. The van der Waals surface area contributed by atoms with E-state index in [1.165, 1.54) is 24.3 Å². The monoisotopic (exact) mass is 441 g/mol. The molecule has 0 bridgehead atoms. The van der Waals surface area contributed by atoms with Crippen molar-refractivity contribution in [3.05, 3.63) is 59.7 Å². The predicted octanol–water partition coefficient (Wildman–Crippen LogP) is 1.27. The van der Waals surface area contributed by atoms with E-state index < -0.39 is 5.97 Å². The van der Waals surface area contributed by atoms with E-state index in [2.05, 4.69) is 5.32 Å². The maximum absolute atomic E-state index is 12.2. The van der Waals surface area contributed by atoms with Gasteiger partial charge in [0.25, 0.3) is 17.7 Å². The number of rotatable bonds is 10. The van der Waals surface area contributed by atoms with Crippen molar-refractivity contribution in [1.82, 2.24) is 14.9 Å². The summed E-state index contributed by atoms with van der Waals surface area (Å²) in [6.45, 7) is 0.579. The van der Waals surface area contributed by atoms with Gasteiger partial charge in [-0.1, -0.05) is 18.6 Å². The molecule has 0 fully saturated rings. The van der Waals surface area contributed by atoms with Gasteiger partial charge in [-0.25, -0.2) is 4.79 Å². The van der Waals surface area contributed by atoms with Gasteiger partial charge in [0.15, 0.2) is 0 Å². The summed E-state index contributed by atoms with van der Waals surface area (Å²) in [5.41, 5.74) is 1.20. The van der Waals surface area contributed by atoms with Crippen molar-refractivity contribution >= 4 is 23.7 Å². The van der Waals surface area contributed by atoms with Crippen LogP contribution in [-0.4, -0.2) is 50.1 Å². The quantitative estimate of drug-likeness (QED) is 0.373. The standard InChI is InChI=1S/C22H23N3O7/c26-17-9-10-18(27)24(17)14-15-5-7-16(8-6-15)22(31)23-13-3-1-2-4-21(30)32-25-19(28)11-12-20(25)29/h5-12,28-29H,1-4,13-14H2,(H,23,31). The zero-order chi connectivity index (χ0) is 23.1. The number of nitrogens with zero attached hydrogens (tertiary/aromatic N) is 2. The molecule has 0 spiro atoms. The summed E-state index contributed by atoms with van der Waals surface area (Å²) in [6, 6.07) is 9.05. The Hall–Kier alpha value is -4.08. The van der Waals surface area contributed by atoms with Crippen molar-refractivity contribution in [2.75, 3.05) is 6.54 Å². The van der Waals surface area contributed by atoms with Crippen LogP contribution < -0.4 is 10.2 Å². The number of hydrogen-bond acceptors (Lipinski definition) is 7. The molecule has 0 atom stereocenters. The SMILES string of the molecule is O=C(CCCCCNC(=O)c1ccc(CN2C(=O)C=CC2=O)cc1)On1c(O)ccc1O. The summed E-state index contributed by atoms with van der Waals surface area (Å²) in [7, 11) is 0. The van der Waals surface area contributed by atoms with Gasteiger partial charge in [-0.3, -0.25) is 19.3 Å². The van der Waals surface area contributed by atoms with Gasteiger partial charge in [-0.15, -0.1) is 4.73 Å². The van der Waals surface area contributed by atoms with Gasteiger partial charge in [0.1, 0.15) is 0 Å². The number of aromatic nitrogens is 1. The number of unbranched alkanes of at least 4 members (excludes halogenated alkanes) is 2. The first kappa shape index (κ1) is 22.6. The molecule has 1 aliphatic rings. The number of carbonyl (C=O) groups is 4. The lowest BCUT2D eigenvalue weighted by atomic mass is 10.1. The first-order valence-electron chi connectivity index (χ1n) is 10.1. The smallest absolute Gasteiger partial charge is 0.333 e. The largest absolute Gasteiger partial charge is 0.492 e. The third kappa shape index (κ3) is 5.75. The van der Waals surface area contributed by atoms with Gasteiger partial charge in [-0.2, -0.15) is 0 Å². The van der Waals surface area contributed by atoms with Gasteiger partial charge >= 0.3 is 5.97 Å². The molecule has 10 heteroatoms. The Kier molecular flexibility index (Phi) is 7.27. The van der Waals surface area contributed by atoms with Crippen LogP contribution in [0.15, 0.2) is 48.6 Å². The number of amides is 3. The number of imide groups is 1. The van der Waals surface area contributed by atoms with Crippen LogP contribution in [0.5, 0.6) is 11.8 Å². The van der Waals surface area contributed by atoms with E-state index >= 15 is 0 Å². The number of carbonyl (C=O) groups excluding carboxylic acids is 4. The second-order valence-electron chi connectivity index (χ2n) is 7.17. The number of hydrogen-bond donors (Lipinski definition) is 3. The van der Waals surface area contributed by atoms with E-state index in [1.54, 1.807) is 24.3 Å². The third-order valence-corrected chi connectivity index (χ3v) is 4.79. The lowest BCUT2D eigenvalue weighted by Crippen LogP contribution is -2.29. The molecule has 10 nitrogen and oxygen atoms in total. The molecule has 0 radical (unpaired) electrons. The van der Waals surface area contributed by atoms with E-state index in [1.807, 2.05) is 0 Å². The summed E-state index contributed by atoms with van der Waals surface area (Å²) in [5, 5.41) is 21.6. The fourth-order valence-corrected chi connectivity index (χ4v) is 3.05. The highest BCUT2D eigenvalue weighted by molar-refractivity contribution is 6.12. The van der Waals surface area contributed by atoms with Crippen LogP contribution in [0.3, 0.4) is 0 Å². The van der Waals surface area contributed by atoms with E-state index in [9.17, 15) is 29.4 Å². The third-order valence-electron chi connectivity index (χ3n) is 4.79. The molecule has 32 heavy (non-hydrogen) atoms. The van der Waals surface area contributed by atoms with Gasteiger partial charge in [0.05, 0.1) is 6.54 Å². The van der Waals surface area contributed by atoms with Crippen molar-refractivity contribution in [2.45, 2.75) is 32.2 Å². The summed E-state index contributed by atoms with van der Waals surface area (Å²) < 4.78 is 0.644. The fourth-order valence-electron chi connectivity index (χ4n) is 3.05. The zero-order valence-corrected chi connectivity index (χ0v) is 17.2. The van der Waals surface area contributed by atoms with E-state index in [-0.39, 0.29) is 42.4 Å². The minimum atomic E-state index is -0.593. The normalized spacial score (nSPS) is 12.9. The Morgan fingerprint density at radius 1 is 0.875 bits per heavy atom. The van der Waals surface area contributed by atoms with Crippen molar-refractivity contribution < 1.29 is 34.2 Å². The maximum atomic E-state index is 12.2. The van der Waals surface area contributed by atoms with Crippen molar-refractivity contribution in [3.8, 4) is 11.8 Å². The molecule has 2 heterocycles. The highest BCUT2D eigenvalue weighted by Gasteiger charge is 2.23. The average Bonchev–Trinajstić information content (AvgIpc) is 3.26. The average molecular weight is 441 g/mol. The lowest BCUT2D eigenvalue weighted by molar-refractivity contribution is -0.145. The van der Waals surface area contributed by atoms with Crippen molar-refractivity contribution in [1.29, 1.82) is 0 Å². The molecule has 3 rings (SSSR count). The molecule has 1 aromatic heterocycles. The summed E-state index contributed by atoms with van der Waals surface area (Å²) in [4.78, 5) is 53.1. The summed E-state index contributed by atoms with van der Waals surface area (Å²) in [5.74, 6) is -2.30. The second-order valence-corrected chi connectivity index (χ2v) is 7.17. The van der Waals surface area contributed by atoms with Crippen LogP contribution in [0.1, 0.15) is 41.6 Å². The van der Waals surface area contributed by atoms with E-state index in [0.717, 1.165) is 10.5 Å². The molecule has 0 unspecified atom stereocenters. The summed E-state index contributed by atoms with van der Waals surface area (Å²) in [6.07, 6.45) is 4.41. The molecule has 0 saturated heterocycles. The number of aromatic hydroxyl groups is 2. The minimum Gasteiger partial charge on any atom is -0.492 e.